The van der Waals surface area contributed by atoms with E-state index in [1.54, 1.807) is 23.1 Å². The molecule has 0 aromatic heterocycles. The van der Waals surface area contributed by atoms with Crippen molar-refractivity contribution in [2.45, 2.75) is 57.5 Å². The van der Waals surface area contributed by atoms with E-state index in [1.165, 1.54) is 0 Å². The van der Waals surface area contributed by atoms with Crippen LogP contribution in [0.3, 0.4) is 0 Å². The summed E-state index contributed by atoms with van der Waals surface area (Å²) in [5.74, 6) is -0.934. The predicted octanol–water partition coefficient (Wildman–Crippen LogP) is 3.95. The van der Waals surface area contributed by atoms with Crippen molar-refractivity contribution in [3.8, 4) is 0 Å². The van der Waals surface area contributed by atoms with E-state index < -0.39 is 11.6 Å². The Morgan fingerprint density at radius 3 is 2.43 bits per heavy atom. The number of hydrogen-bond acceptors (Lipinski definition) is 3. The molecule has 1 N–H and O–H groups in total. The van der Waals surface area contributed by atoms with E-state index in [1.807, 2.05) is 20.8 Å². The minimum Gasteiger partial charge on any atom is -0.478 e. The zero-order valence-corrected chi connectivity index (χ0v) is 13.9. The lowest BCUT2D eigenvalue weighted by molar-refractivity contribution is 0.0577. The van der Waals surface area contributed by atoms with Gasteiger partial charge in [0, 0.05) is 12.0 Å². The van der Waals surface area contributed by atoms with E-state index in [9.17, 15) is 14.7 Å². The van der Waals surface area contributed by atoms with Crippen LogP contribution in [0.15, 0.2) is 18.2 Å². The van der Waals surface area contributed by atoms with Crippen LogP contribution in [0.4, 0.5) is 10.5 Å². The van der Waals surface area contributed by atoms with Gasteiger partial charge >= 0.3 is 12.1 Å². The summed E-state index contributed by atoms with van der Waals surface area (Å²) in [6.07, 6.45) is 3.84. The maximum Gasteiger partial charge on any atom is 0.414 e. The highest BCUT2D eigenvalue weighted by Gasteiger charge is 2.47. The summed E-state index contributed by atoms with van der Waals surface area (Å²) in [7, 11) is 0. The van der Waals surface area contributed by atoms with Gasteiger partial charge in [0.2, 0.25) is 0 Å². The summed E-state index contributed by atoms with van der Waals surface area (Å²) in [4.78, 5) is 25.5. The molecule has 0 saturated heterocycles. The first-order valence-electron chi connectivity index (χ1n) is 8.10. The van der Waals surface area contributed by atoms with Gasteiger partial charge in [0.05, 0.1) is 11.3 Å². The van der Waals surface area contributed by atoms with E-state index in [0.717, 1.165) is 36.9 Å². The first-order chi connectivity index (χ1) is 10.7. The molecule has 3 rings (SSSR count). The highest BCUT2D eigenvalue weighted by molar-refractivity contribution is 5.94. The highest BCUT2D eigenvalue weighted by Crippen LogP contribution is 2.51. The second-order valence-corrected chi connectivity index (χ2v) is 7.59. The van der Waals surface area contributed by atoms with Crippen molar-refractivity contribution in [1.82, 2.24) is 0 Å². The Bertz CT molecular complexity index is 653. The van der Waals surface area contributed by atoms with Crippen LogP contribution < -0.4 is 4.90 Å². The lowest BCUT2D eigenvalue weighted by Gasteiger charge is -2.27. The largest absolute Gasteiger partial charge is 0.478 e. The molecule has 1 spiro atoms. The van der Waals surface area contributed by atoms with Crippen LogP contribution in [-0.4, -0.2) is 29.3 Å². The Morgan fingerprint density at radius 2 is 1.87 bits per heavy atom. The van der Waals surface area contributed by atoms with Crippen LogP contribution in [0.25, 0.3) is 0 Å². The highest BCUT2D eigenvalue weighted by atomic mass is 16.6. The monoisotopic (exact) mass is 317 g/mol. The molecular weight excluding hydrogens is 294 g/mol. The maximum atomic E-state index is 12.6. The van der Waals surface area contributed by atoms with Crippen molar-refractivity contribution in [2.75, 3.05) is 11.4 Å². The molecule has 1 aromatic carbocycles. The topological polar surface area (TPSA) is 66.8 Å². The third-order valence-electron chi connectivity index (χ3n) is 4.74. The summed E-state index contributed by atoms with van der Waals surface area (Å²) in [6, 6.07) is 5.05. The number of carbonyl (C=O) groups is 2. The van der Waals surface area contributed by atoms with Crippen molar-refractivity contribution < 1.29 is 19.4 Å². The van der Waals surface area contributed by atoms with Gasteiger partial charge < -0.3 is 9.84 Å². The van der Waals surface area contributed by atoms with E-state index in [-0.39, 0.29) is 17.1 Å². The fourth-order valence-corrected chi connectivity index (χ4v) is 3.76. The summed E-state index contributed by atoms with van der Waals surface area (Å²) < 4.78 is 5.53. The Morgan fingerprint density at radius 1 is 1.22 bits per heavy atom. The van der Waals surface area contributed by atoms with Crippen LogP contribution in [0.5, 0.6) is 0 Å². The number of carboxylic acids is 1. The second-order valence-electron chi connectivity index (χ2n) is 7.59. The maximum absolute atomic E-state index is 12.6. The Balaban J connectivity index is 2.01. The Labute approximate surface area is 136 Å². The molecule has 1 aliphatic carbocycles. The molecule has 1 saturated carbocycles. The number of anilines is 1. The average Bonchev–Trinajstić information content (AvgIpc) is 3.04. The van der Waals surface area contributed by atoms with Crippen LogP contribution in [-0.2, 0) is 10.2 Å². The van der Waals surface area contributed by atoms with Gasteiger partial charge in [0.1, 0.15) is 5.60 Å². The molecule has 0 radical (unpaired) electrons. The van der Waals surface area contributed by atoms with E-state index in [2.05, 4.69) is 0 Å². The van der Waals surface area contributed by atoms with E-state index in [4.69, 9.17) is 4.74 Å². The molecule has 0 atom stereocenters. The number of carboxylic acid groups (broad SMARTS) is 1. The number of amides is 1. The third kappa shape index (κ3) is 2.80. The molecule has 1 heterocycles. The lowest BCUT2D eigenvalue weighted by atomic mass is 9.80. The van der Waals surface area contributed by atoms with Crippen LogP contribution in [0, 0.1) is 0 Å². The number of ether oxygens (including phenoxy) is 1. The second kappa shape index (κ2) is 5.25. The standard InChI is InChI=1S/C18H23NO4/c1-17(2,3)23-16(22)19-11-18(8-4-5-9-18)13-10-12(15(20)21)6-7-14(13)19/h6-7,10H,4-5,8-9,11H2,1-3H3,(H,20,21). The molecule has 5 heteroatoms. The summed E-state index contributed by atoms with van der Waals surface area (Å²) >= 11 is 0. The third-order valence-corrected chi connectivity index (χ3v) is 4.74. The normalized spacial score (nSPS) is 19.0. The molecule has 1 amide bonds. The predicted molar refractivity (Wildman–Crippen MR) is 87.1 cm³/mol. The van der Waals surface area contributed by atoms with Gasteiger partial charge in [-0.15, -0.1) is 0 Å². The molecule has 1 aromatic rings. The molecule has 0 bridgehead atoms. The van der Waals surface area contributed by atoms with Gasteiger partial charge in [-0.05, 0) is 57.4 Å². The number of hydrogen-bond donors (Lipinski definition) is 1. The van der Waals surface area contributed by atoms with Gasteiger partial charge in [0.25, 0.3) is 0 Å². The van der Waals surface area contributed by atoms with Crippen molar-refractivity contribution in [2.24, 2.45) is 0 Å². The smallest absolute Gasteiger partial charge is 0.414 e. The minimum absolute atomic E-state index is 0.113. The van der Waals surface area contributed by atoms with Crippen molar-refractivity contribution in [1.29, 1.82) is 0 Å². The van der Waals surface area contributed by atoms with Crippen LogP contribution in [0.2, 0.25) is 0 Å². The Hall–Kier alpha value is -2.04. The molecule has 1 fully saturated rings. The molecule has 0 unspecified atom stereocenters. The van der Waals surface area contributed by atoms with Gasteiger partial charge in [-0.25, -0.2) is 9.59 Å². The number of carbonyl (C=O) groups excluding carboxylic acids is 1. The van der Waals surface area contributed by atoms with E-state index in [0.29, 0.717) is 6.54 Å². The first kappa shape index (κ1) is 15.8. The summed E-state index contributed by atoms with van der Waals surface area (Å²) in [6.45, 7) is 6.13. The zero-order chi connectivity index (χ0) is 16.8. The molecular formula is C18H23NO4. The first-order valence-corrected chi connectivity index (χ1v) is 8.10. The zero-order valence-electron chi connectivity index (χ0n) is 13.9. The lowest BCUT2D eigenvalue weighted by Crippen LogP contribution is -2.39. The van der Waals surface area contributed by atoms with Crippen molar-refractivity contribution >= 4 is 17.7 Å². The van der Waals surface area contributed by atoms with Gasteiger partial charge in [0.15, 0.2) is 0 Å². The number of fused-ring (bicyclic) bond motifs is 2. The molecule has 124 valence electrons. The van der Waals surface area contributed by atoms with Gasteiger partial charge in [-0.2, -0.15) is 0 Å². The summed E-state index contributed by atoms with van der Waals surface area (Å²) in [5.41, 5.74) is 1.40. The number of benzene rings is 1. The Kier molecular flexibility index (Phi) is 3.62. The summed E-state index contributed by atoms with van der Waals surface area (Å²) in [5, 5.41) is 9.27. The molecule has 23 heavy (non-hydrogen) atoms. The molecule has 5 nitrogen and oxygen atoms in total. The van der Waals surface area contributed by atoms with Crippen LogP contribution >= 0.6 is 0 Å². The minimum atomic E-state index is -0.934. The SMILES string of the molecule is CC(C)(C)OC(=O)N1CC2(CCCC2)c2cc(C(=O)O)ccc21. The average molecular weight is 317 g/mol. The number of aromatic carboxylic acids is 1. The van der Waals surface area contributed by atoms with E-state index >= 15 is 0 Å². The van der Waals surface area contributed by atoms with Crippen LogP contribution in [0.1, 0.15) is 62.4 Å². The number of rotatable bonds is 1. The number of nitrogens with zero attached hydrogens (tertiary/aromatic N) is 1. The quantitative estimate of drug-likeness (QED) is 0.851. The van der Waals surface area contributed by atoms with Gasteiger partial charge in [-0.1, -0.05) is 12.8 Å². The molecule has 1 aliphatic heterocycles. The molecule has 2 aliphatic rings. The fourth-order valence-electron chi connectivity index (χ4n) is 3.76. The van der Waals surface area contributed by atoms with Gasteiger partial charge in [-0.3, -0.25) is 4.90 Å². The van der Waals surface area contributed by atoms with Crippen molar-refractivity contribution in [3.05, 3.63) is 29.3 Å². The fraction of sp³-hybridized carbons (Fsp3) is 0.556. The van der Waals surface area contributed by atoms with Crippen molar-refractivity contribution in [3.63, 3.8) is 0 Å².